The summed E-state index contributed by atoms with van der Waals surface area (Å²) < 4.78 is 0. The number of rotatable bonds is 3. The maximum Gasteiger partial charge on any atom is 0.165 e. The molecule has 4 aromatic rings. The van der Waals surface area contributed by atoms with Gasteiger partial charge >= 0.3 is 0 Å². The van der Waals surface area contributed by atoms with Gasteiger partial charge in [-0.2, -0.15) is 0 Å². The van der Waals surface area contributed by atoms with Gasteiger partial charge in [0.1, 0.15) is 11.6 Å². The summed E-state index contributed by atoms with van der Waals surface area (Å²) >= 11 is 0. The van der Waals surface area contributed by atoms with E-state index in [1.54, 1.807) is 12.1 Å². The molecule has 0 aliphatic rings. The minimum Gasteiger partial charge on any atom is -0.507 e. The molecule has 0 amide bonds. The third-order valence-electron chi connectivity index (χ3n) is 4.39. The third kappa shape index (κ3) is 2.97. The van der Waals surface area contributed by atoms with Crippen molar-refractivity contribution in [2.24, 2.45) is 0 Å². The van der Waals surface area contributed by atoms with E-state index in [1.807, 2.05) is 36.4 Å². The average molecular weight is 341 g/mol. The zero-order chi connectivity index (χ0) is 18.1. The molecule has 0 fully saturated rings. The molecule has 4 heteroatoms. The minimum absolute atomic E-state index is 0.167. The fourth-order valence-electron chi connectivity index (χ4n) is 2.95. The number of nitrogens with zero attached hydrogens (tertiary/aromatic N) is 2. The van der Waals surface area contributed by atoms with Crippen LogP contribution in [0.5, 0.6) is 5.75 Å². The van der Waals surface area contributed by atoms with Gasteiger partial charge in [-0.3, -0.25) is 0 Å². The lowest BCUT2D eigenvalue weighted by atomic mass is 10.1. The number of aryl methyl sites for hydroxylation is 2. The Labute approximate surface area is 152 Å². The van der Waals surface area contributed by atoms with Crippen molar-refractivity contribution in [2.45, 2.75) is 13.8 Å². The van der Waals surface area contributed by atoms with Crippen LogP contribution in [0.2, 0.25) is 0 Å². The van der Waals surface area contributed by atoms with Gasteiger partial charge in [-0.25, -0.2) is 9.97 Å². The Morgan fingerprint density at radius 2 is 1.62 bits per heavy atom. The Balaban J connectivity index is 1.90. The van der Waals surface area contributed by atoms with Crippen molar-refractivity contribution < 1.29 is 5.11 Å². The maximum atomic E-state index is 10.2. The van der Waals surface area contributed by atoms with Crippen LogP contribution in [0.15, 0.2) is 66.7 Å². The first-order chi connectivity index (χ1) is 12.6. The molecule has 0 radical (unpaired) electrons. The van der Waals surface area contributed by atoms with Crippen molar-refractivity contribution in [3.63, 3.8) is 0 Å². The third-order valence-corrected chi connectivity index (χ3v) is 4.39. The van der Waals surface area contributed by atoms with E-state index in [1.165, 1.54) is 5.56 Å². The Hall–Kier alpha value is -3.40. The molecule has 128 valence electrons. The number of phenolic OH excluding ortho intramolecular Hbond substituents is 1. The number of benzene rings is 3. The van der Waals surface area contributed by atoms with Gasteiger partial charge in [0, 0.05) is 11.1 Å². The van der Waals surface area contributed by atoms with Gasteiger partial charge in [-0.15, -0.1) is 0 Å². The fourth-order valence-corrected chi connectivity index (χ4v) is 2.95. The quantitative estimate of drug-likeness (QED) is 0.526. The van der Waals surface area contributed by atoms with Gasteiger partial charge in [-0.1, -0.05) is 36.4 Å². The largest absolute Gasteiger partial charge is 0.507 e. The molecule has 1 heterocycles. The summed E-state index contributed by atoms with van der Waals surface area (Å²) in [6, 6.07) is 21.3. The fraction of sp³-hybridized carbons (Fsp3) is 0.0909. The van der Waals surface area contributed by atoms with Gasteiger partial charge in [0.2, 0.25) is 0 Å². The molecular weight excluding hydrogens is 322 g/mol. The first-order valence-corrected chi connectivity index (χ1v) is 8.51. The summed E-state index contributed by atoms with van der Waals surface area (Å²) in [7, 11) is 0. The summed E-state index contributed by atoms with van der Waals surface area (Å²) in [6.45, 7) is 4.13. The molecule has 3 aromatic carbocycles. The highest BCUT2D eigenvalue weighted by Gasteiger charge is 2.12. The number of aromatic hydroxyl groups is 1. The number of para-hydroxylation sites is 2. The van der Waals surface area contributed by atoms with Gasteiger partial charge in [-0.05, 0) is 55.3 Å². The molecule has 0 saturated carbocycles. The van der Waals surface area contributed by atoms with Crippen LogP contribution >= 0.6 is 0 Å². The molecule has 0 aliphatic carbocycles. The predicted molar refractivity (Wildman–Crippen MR) is 106 cm³/mol. The van der Waals surface area contributed by atoms with E-state index in [4.69, 9.17) is 4.98 Å². The van der Waals surface area contributed by atoms with E-state index in [0.717, 1.165) is 28.0 Å². The van der Waals surface area contributed by atoms with Crippen LogP contribution in [0.1, 0.15) is 11.1 Å². The summed E-state index contributed by atoms with van der Waals surface area (Å²) in [5.74, 6) is 1.39. The lowest BCUT2D eigenvalue weighted by Gasteiger charge is -2.14. The highest BCUT2D eigenvalue weighted by Crippen LogP contribution is 2.31. The topological polar surface area (TPSA) is 58.0 Å². The van der Waals surface area contributed by atoms with E-state index in [0.29, 0.717) is 11.4 Å². The normalized spacial score (nSPS) is 10.8. The SMILES string of the molecule is Cc1ccc(C)c(Nc2nc(-c3ccccc3O)nc3ccccc23)c1. The molecule has 0 bridgehead atoms. The van der Waals surface area contributed by atoms with Crippen LogP contribution in [0.25, 0.3) is 22.3 Å². The highest BCUT2D eigenvalue weighted by atomic mass is 16.3. The van der Waals surface area contributed by atoms with Crippen molar-refractivity contribution in [1.29, 1.82) is 0 Å². The van der Waals surface area contributed by atoms with Crippen LogP contribution in [0.4, 0.5) is 11.5 Å². The van der Waals surface area contributed by atoms with Gasteiger partial charge < -0.3 is 10.4 Å². The number of aromatic nitrogens is 2. The van der Waals surface area contributed by atoms with Crippen molar-refractivity contribution >= 4 is 22.4 Å². The Morgan fingerprint density at radius 1 is 0.846 bits per heavy atom. The average Bonchev–Trinajstić information content (AvgIpc) is 2.65. The van der Waals surface area contributed by atoms with Crippen LogP contribution in [-0.4, -0.2) is 15.1 Å². The second-order valence-electron chi connectivity index (χ2n) is 6.37. The molecule has 0 unspecified atom stereocenters. The molecule has 2 N–H and O–H groups in total. The minimum atomic E-state index is 0.167. The van der Waals surface area contributed by atoms with Crippen LogP contribution in [0, 0.1) is 13.8 Å². The first-order valence-electron chi connectivity index (χ1n) is 8.51. The zero-order valence-electron chi connectivity index (χ0n) is 14.7. The second kappa shape index (κ2) is 6.48. The van der Waals surface area contributed by atoms with Gasteiger partial charge in [0.25, 0.3) is 0 Å². The highest BCUT2D eigenvalue weighted by molar-refractivity contribution is 5.92. The maximum absolute atomic E-state index is 10.2. The summed E-state index contributed by atoms with van der Waals surface area (Å²) in [4.78, 5) is 9.35. The first kappa shape index (κ1) is 16.1. The van der Waals surface area contributed by atoms with Crippen molar-refractivity contribution in [3.05, 3.63) is 77.9 Å². The number of hydrogen-bond donors (Lipinski definition) is 2. The number of nitrogens with one attached hydrogen (secondary N) is 1. The summed E-state index contributed by atoms with van der Waals surface area (Å²) in [5.41, 5.74) is 4.77. The Bertz CT molecular complexity index is 1110. The lowest BCUT2D eigenvalue weighted by Crippen LogP contribution is -2.01. The molecule has 26 heavy (non-hydrogen) atoms. The van der Waals surface area contributed by atoms with E-state index < -0.39 is 0 Å². The predicted octanol–water partition coefficient (Wildman–Crippen LogP) is 5.36. The van der Waals surface area contributed by atoms with E-state index in [2.05, 4.69) is 42.3 Å². The zero-order valence-corrected chi connectivity index (χ0v) is 14.7. The number of phenols is 1. The summed E-state index contributed by atoms with van der Waals surface area (Å²) in [6.07, 6.45) is 0. The van der Waals surface area contributed by atoms with E-state index >= 15 is 0 Å². The standard InChI is InChI=1S/C22H19N3O/c1-14-11-12-15(2)19(13-14)24-21-16-7-3-5-9-18(16)23-22(25-21)17-8-4-6-10-20(17)26/h3-13,26H,1-2H3,(H,23,24,25). The van der Waals surface area contributed by atoms with Gasteiger partial charge in [0.15, 0.2) is 5.82 Å². The number of fused-ring (bicyclic) bond motifs is 1. The molecule has 0 saturated heterocycles. The Morgan fingerprint density at radius 3 is 2.46 bits per heavy atom. The monoisotopic (exact) mass is 341 g/mol. The van der Waals surface area contributed by atoms with Crippen molar-refractivity contribution in [2.75, 3.05) is 5.32 Å². The van der Waals surface area contributed by atoms with Crippen LogP contribution in [-0.2, 0) is 0 Å². The van der Waals surface area contributed by atoms with Crippen LogP contribution < -0.4 is 5.32 Å². The number of anilines is 2. The smallest absolute Gasteiger partial charge is 0.165 e. The molecule has 4 rings (SSSR count). The number of hydrogen-bond acceptors (Lipinski definition) is 4. The summed E-state index contributed by atoms with van der Waals surface area (Å²) in [5, 5.41) is 14.6. The lowest BCUT2D eigenvalue weighted by molar-refractivity contribution is 0.477. The van der Waals surface area contributed by atoms with Crippen LogP contribution in [0.3, 0.4) is 0 Å². The molecular formula is C22H19N3O. The molecule has 0 aliphatic heterocycles. The molecule has 1 aromatic heterocycles. The van der Waals surface area contributed by atoms with Gasteiger partial charge in [0.05, 0.1) is 11.1 Å². The Kier molecular flexibility index (Phi) is 4.01. The van der Waals surface area contributed by atoms with E-state index in [-0.39, 0.29) is 5.75 Å². The molecule has 4 nitrogen and oxygen atoms in total. The molecule has 0 spiro atoms. The van der Waals surface area contributed by atoms with Crippen molar-refractivity contribution in [1.82, 2.24) is 9.97 Å². The molecule has 0 atom stereocenters. The second-order valence-corrected chi connectivity index (χ2v) is 6.37. The van der Waals surface area contributed by atoms with Crippen molar-refractivity contribution in [3.8, 4) is 17.1 Å². The van der Waals surface area contributed by atoms with E-state index in [9.17, 15) is 5.11 Å².